The average molecular weight is 423 g/mol. The minimum Gasteiger partial charge on any atom is -0.493 e. The second-order valence-electron chi connectivity index (χ2n) is 5.32. The van der Waals surface area contributed by atoms with Crippen LogP contribution < -0.4 is 23.7 Å². The third kappa shape index (κ3) is 2.90. The summed E-state index contributed by atoms with van der Waals surface area (Å²) in [5.41, 5.74) is 2.34. The molecule has 0 saturated carbocycles. The lowest BCUT2D eigenvalue weighted by molar-refractivity contribution is 0.323. The van der Waals surface area contributed by atoms with Crippen LogP contribution in [0.2, 0.25) is 0 Å². The van der Waals surface area contributed by atoms with Crippen LogP contribution in [0.25, 0.3) is 22.4 Å². The summed E-state index contributed by atoms with van der Waals surface area (Å²) in [7, 11) is 7.89. The second-order valence-corrected chi connectivity index (χ2v) is 6.11. The van der Waals surface area contributed by atoms with E-state index in [2.05, 4.69) is 25.9 Å². The molecule has 138 valence electrons. The number of nitrogens with one attached hydrogen (secondary N) is 1. The van der Waals surface area contributed by atoms with Crippen LogP contribution in [0, 0.1) is 0 Å². The quantitative estimate of drug-likeness (QED) is 0.645. The Bertz CT molecular complexity index is 914. The number of hydrogen-bond donors (Lipinski definition) is 1. The molecule has 0 unspecified atom stereocenters. The van der Waals surface area contributed by atoms with Crippen LogP contribution in [0.3, 0.4) is 0 Å². The Morgan fingerprint density at radius 3 is 1.96 bits per heavy atom. The van der Waals surface area contributed by atoms with Crippen molar-refractivity contribution in [2.75, 3.05) is 35.5 Å². The fourth-order valence-electron chi connectivity index (χ4n) is 2.76. The zero-order valence-electron chi connectivity index (χ0n) is 15.1. The van der Waals surface area contributed by atoms with Gasteiger partial charge in [-0.25, -0.2) is 4.98 Å². The number of nitrogens with zero attached hydrogens (tertiary/aromatic N) is 1. The van der Waals surface area contributed by atoms with E-state index >= 15 is 0 Å². The van der Waals surface area contributed by atoms with Crippen molar-refractivity contribution in [3.63, 3.8) is 0 Å². The standard InChI is InChI=1S/C18H19BrN2O5/c1-22-12-7-10-11(8-13(12)23-2)21-18(20-10)9-6-14(24-3)16(25-4)17(26-5)15(9)19/h6-8H,1-5H3,(H,20,21). The molecule has 8 heteroatoms. The van der Waals surface area contributed by atoms with Crippen molar-refractivity contribution in [2.45, 2.75) is 0 Å². The summed E-state index contributed by atoms with van der Waals surface area (Å²) in [6, 6.07) is 5.49. The Kier molecular flexibility index (Phi) is 5.13. The molecule has 3 rings (SSSR count). The highest BCUT2D eigenvalue weighted by Gasteiger charge is 2.22. The molecule has 0 aliphatic rings. The van der Waals surface area contributed by atoms with Crippen LogP contribution in [0.1, 0.15) is 0 Å². The number of rotatable bonds is 6. The minimum atomic E-state index is 0.505. The zero-order chi connectivity index (χ0) is 18.8. The number of aromatic amines is 1. The SMILES string of the molecule is COc1cc2nc(-c3cc(OC)c(OC)c(OC)c3Br)[nH]c2cc1OC. The van der Waals surface area contributed by atoms with E-state index < -0.39 is 0 Å². The number of fused-ring (bicyclic) bond motifs is 1. The number of imidazole rings is 1. The van der Waals surface area contributed by atoms with E-state index in [-0.39, 0.29) is 0 Å². The highest BCUT2D eigenvalue weighted by atomic mass is 79.9. The van der Waals surface area contributed by atoms with Crippen molar-refractivity contribution in [3.05, 3.63) is 22.7 Å². The number of aromatic nitrogens is 2. The van der Waals surface area contributed by atoms with Gasteiger partial charge < -0.3 is 28.7 Å². The lowest BCUT2D eigenvalue weighted by Crippen LogP contribution is -1.97. The highest BCUT2D eigenvalue weighted by molar-refractivity contribution is 9.10. The van der Waals surface area contributed by atoms with Crippen LogP contribution >= 0.6 is 15.9 Å². The molecule has 0 spiro atoms. The molecule has 2 aromatic carbocycles. The van der Waals surface area contributed by atoms with Gasteiger partial charge in [0.15, 0.2) is 23.0 Å². The Hall–Kier alpha value is -2.61. The largest absolute Gasteiger partial charge is 0.493 e. The van der Waals surface area contributed by atoms with Gasteiger partial charge in [-0.15, -0.1) is 0 Å². The maximum atomic E-state index is 5.49. The van der Waals surface area contributed by atoms with Gasteiger partial charge in [0.2, 0.25) is 5.75 Å². The van der Waals surface area contributed by atoms with Gasteiger partial charge in [-0.1, -0.05) is 0 Å². The van der Waals surface area contributed by atoms with Crippen LogP contribution in [-0.4, -0.2) is 45.5 Å². The Labute approximate surface area is 159 Å². The summed E-state index contributed by atoms with van der Waals surface area (Å²) < 4.78 is 27.7. The van der Waals surface area contributed by atoms with E-state index in [1.807, 2.05) is 18.2 Å². The summed E-state index contributed by atoms with van der Waals surface area (Å²) in [5.74, 6) is 3.45. The van der Waals surface area contributed by atoms with Crippen molar-refractivity contribution >= 4 is 27.0 Å². The first-order valence-electron chi connectivity index (χ1n) is 7.68. The predicted octanol–water partition coefficient (Wildman–Crippen LogP) is 4.04. The lowest BCUT2D eigenvalue weighted by atomic mass is 10.1. The van der Waals surface area contributed by atoms with E-state index in [1.54, 1.807) is 35.5 Å². The van der Waals surface area contributed by atoms with Gasteiger partial charge in [0.05, 0.1) is 51.1 Å². The van der Waals surface area contributed by atoms with Gasteiger partial charge in [-0.05, 0) is 22.0 Å². The molecule has 0 aliphatic heterocycles. The molecule has 1 N–H and O–H groups in total. The van der Waals surface area contributed by atoms with Crippen LogP contribution in [0.4, 0.5) is 0 Å². The molecular formula is C18H19BrN2O5. The van der Waals surface area contributed by atoms with Crippen LogP contribution in [-0.2, 0) is 0 Å². The molecule has 1 aromatic heterocycles. The first-order valence-corrected chi connectivity index (χ1v) is 8.47. The summed E-state index contributed by atoms with van der Waals surface area (Å²) in [5, 5.41) is 0. The van der Waals surface area contributed by atoms with Gasteiger partial charge >= 0.3 is 0 Å². The fraction of sp³-hybridized carbons (Fsp3) is 0.278. The third-order valence-corrected chi connectivity index (χ3v) is 4.80. The minimum absolute atomic E-state index is 0.505. The summed E-state index contributed by atoms with van der Waals surface area (Å²) in [4.78, 5) is 7.95. The normalized spacial score (nSPS) is 10.7. The molecule has 1 heterocycles. The maximum Gasteiger partial charge on any atom is 0.204 e. The summed E-state index contributed by atoms with van der Waals surface area (Å²) in [6.07, 6.45) is 0. The van der Waals surface area contributed by atoms with Crippen molar-refractivity contribution < 1.29 is 23.7 Å². The molecule has 0 bridgehead atoms. The predicted molar refractivity (Wildman–Crippen MR) is 102 cm³/mol. The van der Waals surface area contributed by atoms with Crippen molar-refractivity contribution in [1.82, 2.24) is 9.97 Å². The number of ether oxygens (including phenoxy) is 5. The van der Waals surface area contributed by atoms with Gasteiger partial charge in [-0.2, -0.15) is 0 Å². The number of hydrogen-bond acceptors (Lipinski definition) is 6. The highest BCUT2D eigenvalue weighted by Crippen LogP contribution is 2.47. The Morgan fingerprint density at radius 2 is 1.38 bits per heavy atom. The molecule has 7 nitrogen and oxygen atoms in total. The lowest BCUT2D eigenvalue weighted by Gasteiger charge is -2.15. The van der Waals surface area contributed by atoms with Gasteiger partial charge in [-0.3, -0.25) is 0 Å². The maximum absolute atomic E-state index is 5.49. The molecule has 0 fully saturated rings. The average Bonchev–Trinajstić information content (AvgIpc) is 3.08. The number of benzene rings is 2. The monoisotopic (exact) mass is 422 g/mol. The molecule has 0 saturated heterocycles. The third-order valence-electron chi connectivity index (χ3n) is 4.01. The zero-order valence-corrected chi connectivity index (χ0v) is 16.7. The summed E-state index contributed by atoms with van der Waals surface area (Å²) >= 11 is 3.58. The van der Waals surface area contributed by atoms with Crippen LogP contribution in [0.15, 0.2) is 22.7 Å². The molecular weight excluding hydrogens is 404 g/mol. The van der Waals surface area contributed by atoms with E-state index in [1.165, 1.54) is 0 Å². The number of methoxy groups -OCH3 is 5. The molecule has 3 aromatic rings. The first kappa shape index (κ1) is 18.2. The van der Waals surface area contributed by atoms with Crippen molar-refractivity contribution in [3.8, 4) is 40.1 Å². The first-order chi connectivity index (χ1) is 12.6. The van der Waals surface area contributed by atoms with Gasteiger partial charge in [0.25, 0.3) is 0 Å². The van der Waals surface area contributed by atoms with Crippen molar-refractivity contribution in [1.29, 1.82) is 0 Å². The Balaban J connectivity index is 2.23. The second kappa shape index (κ2) is 7.33. The molecule has 0 atom stereocenters. The number of H-pyrrole nitrogens is 1. The molecule has 0 amide bonds. The number of halogens is 1. The molecule has 26 heavy (non-hydrogen) atoms. The summed E-state index contributed by atoms with van der Waals surface area (Å²) in [6.45, 7) is 0. The smallest absolute Gasteiger partial charge is 0.204 e. The van der Waals surface area contributed by atoms with Crippen LogP contribution in [0.5, 0.6) is 28.7 Å². The van der Waals surface area contributed by atoms with E-state index in [0.29, 0.717) is 39.0 Å². The van der Waals surface area contributed by atoms with Gasteiger partial charge in [0.1, 0.15) is 5.82 Å². The Morgan fingerprint density at radius 1 is 0.769 bits per heavy atom. The van der Waals surface area contributed by atoms with Gasteiger partial charge in [0, 0.05) is 17.7 Å². The van der Waals surface area contributed by atoms with E-state index in [9.17, 15) is 0 Å². The van der Waals surface area contributed by atoms with E-state index in [0.717, 1.165) is 16.6 Å². The topological polar surface area (TPSA) is 74.8 Å². The van der Waals surface area contributed by atoms with E-state index in [4.69, 9.17) is 23.7 Å². The fourth-order valence-corrected chi connectivity index (χ4v) is 3.40. The molecule has 0 aliphatic carbocycles. The van der Waals surface area contributed by atoms with Crippen molar-refractivity contribution in [2.24, 2.45) is 0 Å². The molecule has 0 radical (unpaired) electrons.